The third-order valence-corrected chi connectivity index (χ3v) is 4.12. The van der Waals surface area contributed by atoms with E-state index in [0.717, 1.165) is 17.7 Å². The first-order valence-electron chi connectivity index (χ1n) is 8.55. The lowest BCUT2D eigenvalue weighted by Gasteiger charge is -2.28. The zero-order chi connectivity index (χ0) is 18.8. The molecule has 2 N–H and O–H groups in total. The van der Waals surface area contributed by atoms with Gasteiger partial charge >= 0.3 is 6.09 Å². The van der Waals surface area contributed by atoms with Crippen molar-refractivity contribution in [3.8, 4) is 0 Å². The molecule has 1 fully saturated rings. The van der Waals surface area contributed by atoms with Gasteiger partial charge in [-0.1, -0.05) is 0 Å². The van der Waals surface area contributed by atoms with Gasteiger partial charge in [0, 0.05) is 24.3 Å². The maximum absolute atomic E-state index is 12.5. The number of rotatable bonds is 3. The van der Waals surface area contributed by atoms with E-state index in [2.05, 4.69) is 10.3 Å². The summed E-state index contributed by atoms with van der Waals surface area (Å²) in [5.41, 5.74) is 1.34. The maximum atomic E-state index is 12.5. The van der Waals surface area contributed by atoms with Gasteiger partial charge in [-0.15, -0.1) is 0 Å². The van der Waals surface area contributed by atoms with Crippen LogP contribution < -0.4 is 10.9 Å². The van der Waals surface area contributed by atoms with Crippen LogP contribution in [0.2, 0.25) is 0 Å². The van der Waals surface area contributed by atoms with Crippen LogP contribution in [0, 0.1) is 13.8 Å². The van der Waals surface area contributed by atoms with Crippen LogP contribution >= 0.6 is 0 Å². The molecule has 1 aromatic heterocycles. The summed E-state index contributed by atoms with van der Waals surface area (Å²) in [7, 11) is 0. The minimum Gasteiger partial charge on any atom is -0.444 e. The van der Waals surface area contributed by atoms with Crippen LogP contribution in [-0.4, -0.2) is 40.1 Å². The average Bonchev–Trinajstić information content (AvgIpc) is 2.93. The number of nitrogens with zero attached hydrogens (tertiary/aromatic N) is 1. The third-order valence-electron chi connectivity index (χ3n) is 4.12. The van der Waals surface area contributed by atoms with Crippen molar-refractivity contribution in [3.63, 3.8) is 0 Å². The molecule has 0 bridgehead atoms. The number of likely N-dealkylation sites (tertiary alicyclic amines) is 1. The Labute approximate surface area is 147 Å². The van der Waals surface area contributed by atoms with E-state index < -0.39 is 17.7 Å². The zero-order valence-corrected chi connectivity index (χ0v) is 15.6. The lowest BCUT2D eigenvalue weighted by molar-refractivity contribution is -0.125. The molecule has 7 heteroatoms. The fourth-order valence-electron chi connectivity index (χ4n) is 2.97. The molecule has 2 amide bonds. The van der Waals surface area contributed by atoms with Crippen molar-refractivity contribution in [1.29, 1.82) is 0 Å². The largest absolute Gasteiger partial charge is 0.444 e. The molecule has 25 heavy (non-hydrogen) atoms. The van der Waals surface area contributed by atoms with Crippen LogP contribution in [0.4, 0.5) is 4.79 Å². The highest BCUT2D eigenvalue weighted by atomic mass is 16.6. The van der Waals surface area contributed by atoms with Crippen LogP contribution in [0.25, 0.3) is 0 Å². The number of amides is 2. The Balaban J connectivity index is 2.03. The standard InChI is InChI=1S/C18H27N3O4/c1-11-9-12(2)20-15(22)13(11)10-19-16(23)14-7-6-8-21(14)17(24)25-18(3,4)5/h9,14H,6-8,10H2,1-5H3,(H,19,23)(H,20,22)/t14-/m0/s1. The number of pyridine rings is 1. The smallest absolute Gasteiger partial charge is 0.410 e. The molecule has 0 saturated carbocycles. The van der Waals surface area contributed by atoms with Gasteiger partial charge in [0.15, 0.2) is 0 Å². The summed E-state index contributed by atoms with van der Waals surface area (Å²) in [5, 5.41) is 2.78. The van der Waals surface area contributed by atoms with E-state index in [-0.39, 0.29) is 18.0 Å². The summed E-state index contributed by atoms with van der Waals surface area (Å²) >= 11 is 0. The molecule has 2 rings (SSSR count). The van der Waals surface area contributed by atoms with Gasteiger partial charge in [-0.25, -0.2) is 4.79 Å². The summed E-state index contributed by atoms with van der Waals surface area (Å²) in [6.45, 7) is 9.67. The summed E-state index contributed by atoms with van der Waals surface area (Å²) < 4.78 is 5.37. The number of aromatic amines is 1. The number of ether oxygens (including phenoxy) is 1. The van der Waals surface area contributed by atoms with E-state index in [1.54, 1.807) is 20.8 Å². The number of nitrogens with one attached hydrogen (secondary N) is 2. The molecule has 1 aromatic rings. The summed E-state index contributed by atoms with van der Waals surface area (Å²) in [5.74, 6) is -0.261. The first-order valence-corrected chi connectivity index (χ1v) is 8.55. The molecule has 0 aliphatic carbocycles. The third kappa shape index (κ3) is 4.84. The predicted octanol–water partition coefficient (Wildman–Crippen LogP) is 2.01. The number of aryl methyl sites for hydroxylation is 2. The minimum atomic E-state index is -0.604. The molecular formula is C18H27N3O4. The summed E-state index contributed by atoms with van der Waals surface area (Å²) in [4.78, 5) is 41.0. The Morgan fingerprint density at radius 1 is 1.36 bits per heavy atom. The molecule has 2 heterocycles. The Morgan fingerprint density at radius 3 is 2.64 bits per heavy atom. The lowest BCUT2D eigenvalue weighted by Crippen LogP contribution is -2.47. The van der Waals surface area contributed by atoms with Crippen molar-refractivity contribution in [2.24, 2.45) is 0 Å². The van der Waals surface area contributed by atoms with Crippen LogP contribution in [0.15, 0.2) is 10.9 Å². The first-order chi connectivity index (χ1) is 11.6. The second-order valence-electron chi connectivity index (χ2n) is 7.49. The zero-order valence-electron chi connectivity index (χ0n) is 15.6. The van der Waals surface area contributed by atoms with Crippen LogP contribution in [0.5, 0.6) is 0 Å². The highest BCUT2D eigenvalue weighted by molar-refractivity contribution is 5.86. The molecule has 1 aliphatic rings. The van der Waals surface area contributed by atoms with Gasteiger partial charge in [0.25, 0.3) is 5.56 Å². The SMILES string of the molecule is Cc1cc(C)c(CNC(=O)[C@@H]2CCCN2C(=O)OC(C)(C)C)c(=O)[nH]1. The van der Waals surface area contributed by atoms with Crippen LogP contribution in [0.1, 0.15) is 50.4 Å². The minimum absolute atomic E-state index is 0.138. The predicted molar refractivity (Wildman–Crippen MR) is 94.3 cm³/mol. The van der Waals surface area contributed by atoms with Gasteiger partial charge < -0.3 is 15.0 Å². The van der Waals surface area contributed by atoms with Gasteiger partial charge in [0.1, 0.15) is 11.6 Å². The van der Waals surface area contributed by atoms with Gasteiger partial charge in [0.05, 0.1) is 0 Å². The van der Waals surface area contributed by atoms with Crippen molar-refractivity contribution < 1.29 is 14.3 Å². The molecule has 1 saturated heterocycles. The average molecular weight is 349 g/mol. The molecule has 0 spiro atoms. The summed E-state index contributed by atoms with van der Waals surface area (Å²) in [6.07, 6.45) is 0.866. The topological polar surface area (TPSA) is 91.5 Å². The number of carbonyl (C=O) groups is 2. The second kappa shape index (κ2) is 7.29. The number of carbonyl (C=O) groups excluding carboxylic acids is 2. The van der Waals surface area contributed by atoms with E-state index in [4.69, 9.17) is 4.74 Å². The molecule has 1 atom stereocenters. The number of H-pyrrole nitrogens is 1. The number of hydrogen-bond acceptors (Lipinski definition) is 4. The second-order valence-corrected chi connectivity index (χ2v) is 7.49. The van der Waals surface area contributed by atoms with Crippen molar-refractivity contribution in [1.82, 2.24) is 15.2 Å². The molecule has 0 unspecified atom stereocenters. The number of hydrogen-bond donors (Lipinski definition) is 2. The van der Waals surface area contributed by atoms with Crippen molar-refractivity contribution in [2.75, 3.05) is 6.54 Å². The highest BCUT2D eigenvalue weighted by Gasteiger charge is 2.36. The molecule has 138 valence electrons. The fraction of sp³-hybridized carbons (Fsp3) is 0.611. The number of aromatic nitrogens is 1. The highest BCUT2D eigenvalue weighted by Crippen LogP contribution is 2.21. The first kappa shape index (κ1) is 19.0. The van der Waals surface area contributed by atoms with Crippen molar-refractivity contribution in [2.45, 2.75) is 65.6 Å². The Kier molecular flexibility index (Phi) is 5.55. The van der Waals surface area contributed by atoms with Crippen LogP contribution in [-0.2, 0) is 16.1 Å². The molecular weight excluding hydrogens is 322 g/mol. The van der Waals surface area contributed by atoms with E-state index in [1.165, 1.54) is 4.90 Å². The molecule has 1 aliphatic heterocycles. The van der Waals surface area contributed by atoms with Crippen molar-refractivity contribution in [3.05, 3.63) is 33.2 Å². The van der Waals surface area contributed by atoms with Gasteiger partial charge in [0.2, 0.25) is 5.91 Å². The van der Waals surface area contributed by atoms with Gasteiger partial charge in [-0.3, -0.25) is 14.5 Å². The normalized spacial score (nSPS) is 17.5. The Morgan fingerprint density at radius 2 is 2.04 bits per heavy atom. The fourth-order valence-corrected chi connectivity index (χ4v) is 2.97. The van der Waals surface area contributed by atoms with E-state index in [0.29, 0.717) is 18.5 Å². The van der Waals surface area contributed by atoms with E-state index in [1.807, 2.05) is 19.9 Å². The Hall–Kier alpha value is -2.31. The van der Waals surface area contributed by atoms with Gasteiger partial charge in [-0.2, -0.15) is 0 Å². The van der Waals surface area contributed by atoms with E-state index in [9.17, 15) is 14.4 Å². The monoisotopic (exact) mass is 349 g/mol. The maximum Gasteiger partial charge on any atom is 0.410 e. The Bertz CT molecular complexity index is 718. The van der Waals surface area contributed by atoms with E-state index >= 15 is 0 Å². The van der Waals surface area contributed by atoms with Crippen molar-refractivity contribution >= 4 is 12.0 Å². The lowest BCUT2D eigenvalue weighted by atomic mass is 10.1. The van der Waals surface area contributed by atoms with Crippen LogP contribution in [0.3, 0.4) is 0 Å². The summed E-state index contributed by atoms with van der Waals surface area (Å²) in [6, 6.07) is 1.31. The molecule has 0 radical (unpaired) electrons. The quantitative estimate of drug-likeness (QED) is 0.873. The molecule has 0 aromatic carbocycles. The molecule has 7 nitrogen and oxygen atoms in total. The van der Waals surface area contributed by atoms with Gasteiger partial charge in [-0.05, 0) is 59.1 Å².